The van der Waals surface area contributed by atoms with Crippen LogP contribution in [-0.4, -0.2) is 12.6 Å². The molecule has 0 aliphatic heterocycles. The number of carbonyl (C=O) groups is 1. The van der Waals surface area contributed by atoms with E-state index in [0.29, 0.717) is 17.9 Å². The van der Waals surface area contributed by atoms with Crippen molar-refractivity contribution in [1.29, 1.82) is 0 Å². The van der Waals surface area contributed by atoms with Crippen LogP contribution in [-0.2, 0) is 4.74 Å². The number of carbonyl (C=O) groups excluding carboxylic acids is 1. The third kappa shape index (κ3) is 13.4. The topological polar surface area (TPSA) is 52.3 Å². The van der Waals surface area contributed by atoms with E-state index in [2.05, 4.69) is 6.92 Å². The zero-order chi connectivity index (χ0) is 21.2. The number of unbranched alkanes of at least 4 members (excludes halogenated alkanes) is 15. The highest BCUT2D eigenvalue weighted by Gasteiger charge is 2.08. The van der Waals surface area contributed by atoms with Crippen molar-refractivity contribution in [3.8, 4) is 0 Å². The third-order valence-corrected chi connectivity index (χ3v) is 5.75. The van der Waals surface area contributed by atoms with Gasteiger partial charge < -0.3 is 10.5 Å². The van der Waals surface area contributed by atoms with Crippen LogP contribution in [0, 0.1) is 6.92 Å². The molecule has 1 rings (SSSR count). The monoisotopic (exact) mass is 403 g/mol. The smallest absolute Gasteiger partial charge is 0.338 e. The number of esters is 1. The zero-order valence-corrected chi connectivity index (χ0v) is 19.1. The number of hydrogen-bond donors (Lipinski definition) is 1. The summed E-state index contributed by atoms with van der Waals surface area (Å²) < 4.78 is 5.35. The van der Waals surface area contributed by atoms with Crippen molar-refractivity contribution in [3.63, 3.8) is 0 Å². The highest BCUT2D eigenvalue weighted by Crippen LogP contribution is 2.15. The minimum absolute atomic E-state index is 0.266. The number of rotatable bonds is 18. The Labute approximate surface area is 179 Å². The van der Waals surface area contributed by atoms with Gasteiger partial charge in [-0.1, -0.05) is 109 Å². The number of aryl methyl sites for hydroxylation is 1. The van der Waals surface area contributed by atoms with E-state index in [9.17, 15) is 4.79 Å². The highest BCUT2D eigenvalue weighted by atomic mass is 16.5. The first kappa shape index (κ1) is 25.5. The Morgan fingerprint density at radius 1 is 0.759 bits per heavy atom. The molecule has 0 bridgehead atoms. The second kappa shape index (κ2) is 17.4. The third-order valence-electron chi connectivity index (χ3n) is 5.75. The molecule has 0 radical (unpaired) electrons. The molecule has 166 valence electrons. The fraction of sp³-hybridized carbons (Fsp3) is 0.731. The summed E-state index contributed by atoms with van der Waals surface area (Å²) in [6.45, 7) is 4.72. The number of anilines is 1. The molecular weight excluding hydrogens is 358 g/mol. The SMILES string of the molecule is CCCCCCCCCCCCCCCCCCOC(=O)c1ccc(C)c(N)c1. The summed E-state index contributed by atoms with van der Waals surface area (Å²) in [6.07, 6.45) is 21.5. The number of benzene rings is 1. The normalized spacial score (nSPS) is 11.0. The molecule has 0 heterocycles. The minimum atomic E-state index is -0.266. The lowest BCUT2D eigenvalue weighted by atomic mass is 10.0. The van der Waals surface area contributed by atoms with E-state index in [1.807, 2.05) is 13.0 Å². The summed E-state index contributed by atoms with van der Waals surface area (Å²) in [7, 11) is 0. The Balaban J connectivity index is 1.83. The number of ether oxygens (including phenoxy) is 1. The molecule has 29 heavy (non-hydrogen) atoms. The van der Waals surface area contributed by atoms with Gasteiger partial charge in [-0.15, -0.1) is 0 Å². The van der Waals surface area contributed by atoms with Crippen molar-refractivity contribution in [1.82, 2.24) is 0 Å². The number of nitrogen functional groups attached to an aromatic ring is 1. The molecule has 0 spiro atoms. The summed E-state index contributed by atoms with van der Waals surface area (Å²) in [6, 6.07) is 5.34. The largest absolute Gasteiger partial charge is 0.462 e. The summed E-state index contributed by atoms with van der Waals surface area (Å²) >= 11 is 0. The predicted molar refractivity (Wildman–Crippen MR) is 125 cm³/mol. The van der Waals surface area contributed by atoms with Gasteiger partial charge in [0.1, 0.15) is 0 Å². The maximum Gasteiger partial charge on any atom is 0.338 e. The van der Waals surface area contributed by atoms with Crippen LogP contribution >= 0.6 is 0 Å². The molecule has 0 unspecified atom stereocenters. The van der Waals surface area contributed by atoms with Crippen LogP contribution in [0.3, 0.4) is 0 Å². The standard InChI is InChI=1S/C26H45NO2/c1-3-4-5-6-7-8-9-10-11-12-13-14-15-16-17-18-21-29-26(28)24-20-19-23(2)25(27)22-24/h19-20,22H,3-18,21,27H2,1-2H3. The van der Waals surface area contributed by atoms with Gasteiger partial charge in [0.2, 0.25) is 0 Å². The molecule has 2 N–H and O–H groups in total. The first-order valence-electron chi connectivity index (χ1n) is 12.2. The Hall–Kier alpha value is -1.51. The lowest BCUT2D eigenvalue weighted by Gasteiger charge is -2.07. The molecule has 0 saturated carbocycles. The van der Waals surface area contributed by atoms with E-state index in [-0.39, 0.29) is 5.97 Å². The van der Waals surface area contributed by atoms with Gasteiger partial charge in [-0.2, -0.15) is 0 Å². The van der Waals surface area contributed by atoms with Gasteiger partial charge in [0.15, 0.2) is 0 Å². The van der Waals surface area contributed by atoms with Crippen molar-refractivity contribution in [3.05, 3.63) is 29.3 Å². The molecule has 0 amide bonds. The van der Waals surface area contributed by atoms with Crippen LogP contribution in [0.25, 0.3) is 0 Å². The van der Waals surface area contributed by atoms with Crippen LogP contribution in [0.1, 0.15) is 126 Å². The maximum absolute atomic E-state index is 12.0. The Kier molecular flexibility index (Phi) is 15.3. The van der Waals surface area contributed by atoms with Gasteiger partial charge in [-0.25, -0.2) is 4.79 Å². The molecule has 3 nitrogen and oxygen atoms in total. The number of nitrogens with two attached hydrogens (primary N) is 1. The van der Waals surface area contributed by atoms with Crippen molar-refractivity contribution in [2.75, 3.05) is 12.3 Å². The second-order valence-electron chi connectivity index (χ2n) is 8.51. The van der Waals surface area contributed by atoms with Crippen LogP contribution in [0.2, 0.25) is 0 Å². The van der Waals surface area contributed by atoms with Gasteiger partial charge in [-0.05, 0) is 31.0 Å². The van der Waals surface area contributed by atoms with Crippen LogP contribution in [0.15, 0.2) is 18.2 Å². The van der Waals surface area contributed by atoms with Gasteiger partial charge >= 0.3 is 5.97 Å². The predicted octanol–water partition coefficient (Wildman–Crippen LogP) is 8.00. The Morgan fingerprint density at radius 2 is 1.21 bits per heavy atom. The molecule has 0 aromatic heterocycles. The first-order valence-corrected chi connectivity index (χ1v) is 12.2. The first-order chi connectivity index (χ1) is 14.1. The van der Waals surface area contributed by atoms with E-state index < -0.39 is 0 Å². The quantitative estimate of drug-likeness (QED) is 0.153. The molecule has 0 saturated heterocycles. The molecule has 0 aliphatic rings. The van der Waals surface area contributed by atoms with Crippen LogP contribution < -0.4 is 5.73 Å². The fourth-order valence-corrected chi connectivity index (χ4v) is 3.67. The van der Waals surface area contributed by atoms with Crippen molar-refractivity contribution in [2.24, 2.45) is 0 Å². The summed E-state index contributed by atoms with van der Waals surface area (Å²) in [5.41, 5.74) is 8.02. The molecule has 0 atom stereocenters. The van der Waals surface area contributed by atoms with E-state index in [1.54, 1.807) is 12.1 Å². The van der Waals surface area contributed by atoms with Gasteiger partial charge in [-0.3, -0.25) is 0 Å². The zero-order valence-electron chi connectivity index (χ0n) is 19.1. The summed E-state index contributed by atoms with van der Waals surface area (Å²) in [4.78, 5) is 12.0. The van der Waals surface area contributed by atoms with Crippen molar-refractivity contribution in [2.45, 2.75) is 117 Å². The van der Waals surface area contributed by atoms with Gasteiger partial charge in [0.05, 0.1) is 12.2 Å². The minimum Gasteiger partial charge on any atom is -0.462 e. The Morgan fingerprint density at radius 3 is 1.66 bits per heavy atom. The maximum atomic E-state index is 12.0. The van der Waals surface area contributed by atoms with Gasteiger partial charge in [0, 0.05) is 5.69 Å². The summed E-state index contributed by atoms with van der Waals surface area (Å²) in [5, 5.41) is 0. The molecule has 1 aromatic rings. The van der Waals surface area contributed by atoms with Crippen LogP contribution in [0.4, 0.5) is 5.69 Å². The second-order valence-corrected chi connectivity index (χ2v) is 8.51. The van der Waals surface area contributed by atoms with Gasteiger partial charge in [0.25, 0.3) is 0 Å². The summed E-state index contributed by atoms with van der Waals surface area (Å²) in [5.74, 6) is -0.266. The lowest BCUT2D eigenvalue weighted by Crippen LogP contribution is -2.07. The average molecular weight is 404 g/mol. The molecule has 1 aromatic carbocycles. The van der Waals surface area contributed by atoms with E-state index >= 15 is 0 Å². The fourth-order valence-electron chi connectivity index (χ4n) is 3.67. The van der Waals surface area contributed by atoms with Crippen molar-refractivity contribution >= 4 is 11.7 Å². The van der Waals surface area contributed by atoms with E-state index in [4.69, 9.17) is 10.5 Å². The van der Waals surface area contributed by atoms with E-state index in [0.717, 1.165) is 18.4 Å². The van der Waals surface area contributed by atoms with Crippen molar-refractivity contribution < 1.29 is 9.53 Å². The van der Waals surface area contributed by atoms with E-state index in [1.165, 1.54) is 89.9 Å². The molecular formula is C26H45NO2. The van der Waals surface area contributed by atoms with Crippen LogP contribution in [0.5, 0.6) is 0 Å². The lowest BCUT2D eigenvalue weighted by molar-refractivity contribution is 0.0497. The Bertz CT molecular complexity index is 542. The molecule has 3 heteroatoms. The highest BCUT2D eigenvalue weighted by molar-refractivity contribution is 5.90. The molecule has 0 fully saturated rings. The average Bonchev–Trinajstić information content (AvgIpc) is 2.72. The number of hydrogen-bond acceptors (Lipinski definition) is 3. The molecule has 0 aliphatic carbocycles.